The standard InChI is InChI=1S/C17H19Br2N3O3/c1-10-4-2-3-7-17(10)15(24)22(16(25)21-17)9-14(23)20-13-6-5-11(18)8-12(13)19/h5-6,8,10H,2-4,7,9H2,1H3,(H,20,23)(H,21,25)/t10-,17+/m0/s1. The zero-order valence-corrected chi connectivity index (χ0v) is 16.9. The first-order valence-electron chi connectivity index (χ1n) is 8.22. The third kappa shape index (κ3) is 3.46. The second-order valence-electron chi connectivity index (χ2n) is 6.61. The Morgan fingerprint density at radius 1 is 1.36 bits per heavy atom. The van der Waals surface area contributed by atoms with E-state index in [0.717, 1.165) is 28.6 Å². The highest BCUT2D eigenvalue weighted by Crippen LogP contribution is 2.38. The minimum absolute atomic E-state index is 0.0754. The van der Waals surface area contributed by atoms with Crippen molar-refractivity contribution in [2.24, 2.45) is 5.92 Å². The van der Waals surface area contributed by atoms with Crippen molar-refractivity contribution >= 4 is 55.4 Å². The molecule has 0 unspecified atom stereocenters. The Hall–Kier alpha value is -1.41. The van der Waals surface area contributed by atoms with E-state index in [0.29, 0.717) is 16.6 Å². The number of hydrogen-bond donors (Lipinski definition) is 2. The van der Waals surface area contributed by atoms with E-state index in [1.165, 1.54) is 0 Å². The normalized spacial score (nSPS) is 26.0. The Bertz CT molecular complexity index is 740. The largest absolute Gasteiger partial charge is 0.325 e. The van der Waals surface area contributed by atoms with E-state index in [4.69, 9.17) is 0 Å². The molecular weight excluding hydrogens is 454 g/mol. The molecule has 2 aliphatic rings. The molecule has 1 saturated carbocycles. The fourth-order valence-corrected chi connectivity index (χ4v) is 4.71. The van der Waals surface area contributed by atoms with Gasteiger partial charge < -0.3 is 10.6 Å². The summed E-state index contributed by atoms with van der Waals surface area (Å²) in [4.78, 5) is 38.5. The summed E-state index contributed by atoms with van der Waals surface area (Å²) in [7, 11) is 0. The summed E-state index contributed by atoms with van der Waals surface area (Å²) < 4.78 is 1.59. The highest BCUT2D eigenvalue weighted by atomic mass is 79.9. The van der Waals surface area contributed by atoms with Gasteiger partial charge in [0.05, 0.1) is 5.69 Å². The molecular formula is C17H19Br2N3O3. The van der Waals surface area contributed by atoms with Gasteiger partial charge in [-0.05, 0) is 52.9 Å². The van der Waals surface area contributed by atoms with Crippen molar-refractivity contribution < 1.29 is 14.4 Å². The van der Waals surface area contributed by atoms with Crippen molar-refractivity contribution in [3.8, 4) is 0 Å². The SMILES string of the molecule is C[C@H]1CCCC[C@@]12NC(=O)N(CC(=O)Nc1ccc(Br)cc1Br)C2=O. The molecule has 0 radical (unpaired) electrons. The third-order valence-corrected chi connectivity index (χ3v) is 6.16. The Morgan fingerprint density at radius 3 is 2.80 bits per heavy atom. The number of urea groups is 1. The molecule has 1 saturated heterocycles. The lowest BCUT2D eigenvalue weighted by molar-refractivity contribution is -0.136. The van der Waals surface area contributed by atoms with Crippen LogP contribution in [-0.4, -0.2) is 34.8 Å². The number of carbonyl (C=O) groups excluding carboxylic acids is 3. The molecule has 1 spiro atoms. The summed E-state index contributed by atoms with van der Waals surface area (Å²) in [5.41, 5.74) is -0.255. The predicted molar refractivity (Wildman–Crippen MR) is 101 cm³/mol. The van der Waals surface area contributed by atoms with Gasteiger partial charge >= 0.3 is 6.03 Å². The molecule has 8 heteroatoms. The molecule has 1 aromatic carbocycles. The molecule has 2 fully saturated rings. The number of hydrogen-bond acceptors (Lipinski definition) is 3. The lowest BCUT2D eigenvalue weighted by Crippen LogP contribution is -2.54. The maximum Gasteiger partial charge on any atom is 0.325 e. The quantitative estimate of drug-likeness (QED) is 0.659. The van der Waals surface area contributed by atoms with Crippen molar-refractivity contribution in [2.45, 2.75) is 38.1 Å². The smallest absolute Gasteiger partial charge is 0.323 e. The summed E-state index contributed by atoms with van der Waals surface area (Å²) in [6.45, 7) is 1.70. The first-order chi connectivity index (χ1) is 11.8. The number of carbonyl (C=O) groups is 3. The van der Waals surface area contributed by atoms with Crippen molar-refractivity contribution in [1.82, 2.24) is 10.2 Å². The van der Waals surface area contributed by atoms with Gasteiger partial charge in [-0.3, -0.25) is 14.5 Å². The number of anilines is 1. The zero-order valence-electron chi connectivity index (χ0n) is 13.8. The summed E-state index contributed by atoms with van der Waals surface area (Å²) in [5, 5.41) is 5.58. The molecule has 134 valence electrons. The average molecular weight is 473 g/mol. The molecule has 3 rings (SSSR count). The van der Waals surface area contributed by atoms with Gasteiger partial charge in [0.15, 0.2) is 0 Å². The number of nitrogens with one attached hydrogen (secondary N) is 2. The summed E-state index contributed by atoms with van der Waals surface area (Å²) in [6.07, 6.45) is 3.50. The van der Waals surface area contributed by atoms with Crippen LogP contribution >= 0.6 is 31.9 Å². The summed E-state index contributed by atoms with van der Waals surface area (Å²) in [6, 6.07) is 4.86. The molecule has 1 heterocycles. The van der Waals surface area contributed by atoms with Crippen LogP contribution in [0.4, 0.5) is 10.5 Å². The second kappa shape index (κ2) is 7.07. The molecule has 1 aliphatic carbocycles. The van der Waals surface area contributed by atoms with Gasteiger partial charge in [-0.25, -0.2) is 4.79 Å². The minimum Gasteiger partial charge on any atom is -0.323 e. The van der Waals surface area contributed by atoms with E-state index in [-0.39, 0.29) is 18.4 Å². The maximum atomic E-state index is 12.8. The monoisotopic (exact) mass is 471 g/mol. The number of benzene rings is 1. The maximum absolute atomic E-state index is 12.8. The molecule has 0 bridgehead atoms. The first kappa shape index (κ1) is 18.4. The van der Waals surface area contributed by atoms with Crippen LogP contribution in [0, 0.1) is 5.92 Å². The first-order valence-corrected chi connectivity index (χ1v) is 9.81. The van der Waals surface area contributed by atoms with Crippen molar-refractivity contribution in [3.05, 3.63) is 27.1 Å². The topological polar surface area (TPSA) is 78.5 Å². The van der Waals surface area contributed by atoms with Crippen LogP contribution in [0.15, 0.2) is 27.1 Å². The van der Waals surface area contributed by atoms with Gasteiger partial charge in [0.2, 0.25) is 5.91 Å². The van der Waals surface area contributed by atoms with E-state index in [2.05, 4.69) is 42.5 Å². The Balaban J connectivity index is 1.71. The van der Waals surface area contributed by atoms with Crippen LogP contribution in [0.1, 0.15) is 32.6 Å². The van der Waals surface area contributed by atoms with Crippen LogP contribution < -0.4 is 10.6 Å². The van der Waals surface area contributed by atoms with Gasteiger partial charge in [-0.1, -0.05) is 35.7 Å². The van der Waals surface area contributed by atoms with Crippen molar-refractivity contribution in [1.29, 1.82) is 0 Å². The predicted octanol–water partition coefficient (Wildman–Crippen LogP) is 3.65. The molecule has 0 aromatic heterocycles. The van der Waals surface area contributed by atoms with Crippen molar-refractivity contribution in [3.63, 3.8) is 0 Å². The van der Waals surface area contributed by atoms with Crippen LogP contribution in [-0.2, 0) is 9.59 Å². The Labute approximate surface area is 163 Å². The molecule has 25 heavy (non-hydrogen) atoms. The van der Waals surface area contributed by atoms with Gasteiger partial charge in [0.25, 0.3) is 5.91 Å². The highest BCUT2D eigenvalue weighted by molar-refractivity contribution is 9.11. The molecule has 2 atom stereocenters. The van der Waals surface area contributed by atoms with Gasteiger partial charge in [0, 0.05) is 8.95 Å². The summed E-state index contributed by atoms with van der Waals surface area (Å²) in [5.74, 6) is -0.617. The fourth-order valence-electron chi connectivity index (χ4n) is 3.56. The third-order valence-electron chi connectivity index (χ3n) is 5.01. The van der Waals surface area contributed by atoms with E-state index in [1.54, 1.807) is 12.1 Å². The molecule has 1 aromatic rings. The number of rotatable bonds is 3. The van der Waals surface area contributed by atoms with E-state index in [9.17, 15) is 14.4 Å². The number of imide groups is 1. The molecule has 2 N–H and O–H groups in total. The molecule has 6 nitrogen and oxygen atoms in total. The minimum atomic E-state index is -0.839. The lowest BCUT2D eigenvalue weighted by Gasteiger charge is -2.36. The van der Waals surface area contributed by atoms with Crippen LogP contribution in [0.5, 0.6) is 0 Å². The Morgan fingerprint density at radius 2 is 2.12 bits per heavy atom. The number of halogens is 2. The van der Waals surface area contributed by atoms with Crippen molar-refractivity contribution in [2.75, 3.05) is 11.9 Å². The zero-order chi connectivity index (χ0) is 18.2. The number of amides is 4. The van der Waals surface area contributed by atoms with Crippen LogP contribution in [0.25, 0.3) is 0 Å². The molecule has 4 amide bonds. The number of nitrogens with zero attached hydrogens (tertiary/aromatic N) is 1. The van der Waals surface area contributed by atoms with Crippen LogP contribution in [0.2, 0.25) is 0 Å². The van der Waals surface area contributed by atoms with E-state index in [1.807, 2.05) is 13.0 Å². The second-order valence-corrected chi connectivity index (χ2v) is 8.38. The fraction of sp³-hybridized carbons (Fsp3) is 0.471. The van der Waals surface area contributed by atoms with E-state index >= 15 is 0 Å². The van der Waals surface area contributed by atoms with E-state index < -0.39 is 17.5 Å². The van der Waals surface area contributed by atoms with Crippen LogP contribution in [0.3, 0.4) is 0 Å². The lowest BCUT2D eigenvalue weighted by atomic mass is 9.73. The highest BCUT2D eigenvalue weighted by Gasteiger charge is 2.55. The average Bonchev–Trinajstić information content (AvgIpc) is 2.78. The Kier molecular flexibility index (Phi) is 5.20. The summed E-state index contributed by atoms with van der Waals surface area (Å²) >= 11 is 6.72. The van der Waals surface area contributed by atoms with Gasteiger partial charge in [-0.15, -0.1) is 0 Å². The molecule has 1 aliphatic heterocycles. The van der Waals surface area contributed by atoms with Gasteiger partial charge in [0.1, 0.15) is 12.1 Å². The van der Waals surface area contributed by atoms with Gasteiger partial charge in [-0.2, -0.15) is 0 Å².